The summed E-state index contributed by atoms with van der Waals surface area (Å²) in [6, 6.07) is 11.4. The first-order chi connectivity index (χ1) is 8.60. The summed E-state index contributed by atoms with van der Waals surface area (Å²) in [5, 5.41) is 1.40. The van der Waals surface area contributed by atoms with Crippen molar-refractivity contribution in [3.63, 3.8) is 0 Å². The average Bonchev–Trinajstić information content (AvgIpc) is 2.34. The molecule has 0 heterocycles. The van der Waals surface area contributed by atoms with Crippen LogP contribution < -0.4 is 4.74 Å². The molecule has 94 valence electrons. The summed E-state index contributed by atoms with van der Waals surface area (Å²) < 4.78 is 7.74. The minimum atomic E-state index is 0.672. The molecule has 0 atom stereocenters. The molecule has 5 heteroatoms. The first-order valence-electron chi connectivity index (χ1n) is 5.07. The predicted molar refractivity (Wildman–Crippen MR) is 86.0 cm³/mol. The number of hydrogen-bond donors (Lipinski definition) is 0. The van der Waals surface area contributed by atoms with E-state index in [2.05, 4.69) is 47.8 Å². The number of halogens is 4. The number of alkyl halides is 1. The molecule has 0 aromatic heterocycles. The summed E-state index contributed by atoms with van der Waals surface area (Å²) in [7, 11) is 0. The maximum absolute atomic E-state index is 5.90. The molecule has 2 aromatic rings. The van der Waals surface area contributed by atoms with Crippen LogP contribution in [0.3, 0.4) is 0 Å². The van der Waals surface area contributed by atoms with Gasteiger partial charge in [0.2, 0.25) is 0 Å². The van der Waals surface area contributed by atoms with Gasteiger partial charge in [-0.05, 0) is 52.3 Å². The summed E-state index contributed by atoms with van der Waals surface area (Å²) in [5.41, 5.74) is 1.08. The molecule has 0 fully saturated rings. The lowest BCUT2D eigenvalue weighted by Crippen LogP contribution is -1.90. The standard InChI is InChI=1S/C13H8Br3ClO/c14-7-8-5-9(15)1-3-12(8)18-13-4-2-10(17)6-11(13)16/h1-6H,7H2. The molecule has 0 bridgehead atoms. The van der Waals surface area contributed by atoms with Gasteiger partial charge in [0.15, 0.2) is 0 Å². The number of ether oxygens (including phenoxy) is 1. The zero-order chi connectivity index (χ0) is 13.1. The molecule has 0 saturated heterocycles. The number of hydrogen-bond acceptors (Lipinski definition) is 1. The second-order valence-electron chi connectivity index (χ2n) is 3.56. The monoisotopic (exact) mass is 452 g/mol. The molecular formula is C13H8Br3ClO. The van der Waals surface area contributed by atoms with Crippen LogP contribution in [0.5, 0.6) is 11.5 Å². The fourth-order valence-corrected chi connectivity index (χ4v) is 3.04. The zero-order valence-corrected chi connectivity index (χ0v) is 14.6. The third kappa shape index (κ3) is 3.50. The number of rotatable bonds is 3. The van der Waals surface area contributed by atoms with E-state index in [1.54, 1.807) is 6.07 Å². The SMILES string of the molecule is Clc1ccc(Oc2ccc(Br)cc2CBr)c(Br)c1. The van der Waals surface area contributed by atoms with Crippen LogP contribution >= 0.6 is 59.4 Å². The lowest BCUT2D eigenvalue weighted by molar-refractivity contribution is 0.475. The van der Waals surface area contributed by atoms with Crippen LogP contribution in [0.1, 0.15) is 5.56 Å². The molecule has 0 aliphatic carbocycles. The third-order valence-corrected chi connectivity index (χ3v) is 4.23. The highest BCUT2D eigenvalue weighted by Gasteiger charge is 2.08. The fourth-order valence-electron chi connectivity index (χ4n) is 1.43. The summed E-state index contributed by atoms with van der Waals surface area (Å²) in [6.07, 6.45) is 0. The average molecular weight is 455 g/mol. The first-order valence-corrected chi connectivity index (χ1v) is 8.16. The molecule has 1 nitrogen and oxygen atoms in total. The lowest BCUT2D eigenvalue weighted by Gasteiger charge is -2.11. The minimum Gasteiger partial charge on any atom is -0.456 e. The van der Waals surface area contributed by atoms with E-state index in [1.807, 2.05) is 30.3 Å². The lowest BCUT2D eigenvalue weighted by atomic mass is 10.2. The van der Waals surface area contributed by atoms with Crippen molar-refractivity contribution in [3.8, 4) is 11.5 Å². The number of benzene rings is 2. The molecule has 2 rings (SSSR count). The van der Waals surface area contributed by atoms with Crippen molar-refractivity contribution in [3.05, 3.63) is 55.9 Å². The molecule has 0 amide bonds. The maximum Gasteiger partial charge on any atom is 0.141 e. The van der Waals surface area contributed by atoms with Crippen LogP contribution in [0.4, 0.5) is 0 Å². The van der Waals surface area contributed by atoms with Gasteiger partial charge in [-0.25, -0.2) is 0 Å². The van der Waals surface area contributed by atoms with Gasteiger partial charge < -0.3 is 4.74 Å². The van der Waals surface area contributed by atoms with E-state index in [0.717, 1.165) is 31.3 Å². The molecule has 0 radical (unpaired) electrons. The van der Waals surface area contributed by atoms with Crippen LogP contribution in [0.15, 0.2) is 45.3 Å². The van der Waals surface area contributed by atoms with Crippen molar-refractivity contribution >= 4 is 59.4 Å². The second kappa shape index (κ2) is 6.42. The van der Waals surface area contributed by atoms with Gasteiger partial charge in [0.1, 0.15) is 11.5 Å². The Morgan fingerprint density at radius 2 is 1.72 bits per heavy atom. The van der Waals surface area contributed by atoms with E-state index in [1.165, 1.54) is 0 Å². The van der Waals surface area contributed by atoms with Crippen LogP contribution in [0.2, 0.25) is 5.02 Å². The third-order valence-electron chi connectivity index (χ3n) is 2.28. The molecular weight excluding hydrogens is 447 g/mol. The van der Waals surface area contributed by atoms with Gasteiger partial charge in [-0.3, -0.25) is 0 Å². The van der Waals surface area contributed by atoms with Gasteiger partial charge in [-0.15, -0.1) is 0 Å². The van der Waals surface area contributed by atoms with E-state index < -0.39 is 0 Å². The molecule has 0 saturated carbocycles. The Morgan fingerprint density at radius 1 is 1.00 bits per heavy atom. The highest BCUT2D eigenvalue weighted by atomic mass is 79.9. The second-order valence-corrected chi connectivity index (χ2v) is 6.33. The van der Waals surface area contributed by atoms with Gasteiger partial charge >= 0.3 is 0 Å². The Hall–Kier alpha value is -0.0300. The van der Waals surface area contributed by atoms with E-state index in [-0.39, 0.29) is 0 Å². The largest absolute Gasteiger partial charge is 0.456 e. The molecule has 0 unspecified atom stereocenters. The van der Waals surface area contributed by atoms with Crippen LogP contribution in [-0.4, -0.2) is 0 Å². The van der Waals surface area contributed by atoms with Crippen molar-refractivity contribution in [2.45, 2.75) is 5.33 Å². The Bertz CT molecular complexity index is 572. The van der Waals surface area contributed by atoms with Crippen molar-refractivity contribution in [1.82, 2.24) is 0 Å². The topological polar surface area (TPSA) is 9.23 Å². The van der Waals surface area contributed by atoms with Gasteiger partial charge in [-0.2, -0.15) is 0 Å². The minimum absolute atomic E-state index is 0.672. The molecule has 0 spiro atoms. The van der Waals surface area contributed by atoms with Gasteiger partial charge in [0.25, 0.3) is 0 Å². The summed E-state index contributed by atoms with van der Waals surface area (Å²) >= 11 is 16.2. The van der Waals surface area contributed by atoms with Crippen LogP contribution in [0, 0.1) is 0 Å². The normalized spacial score (nSPS) is 10.4. The highest BCUT2D eigenvalue weighted by Crippen LogP contribution is 2.34. The van der Waals surface area contributed by atoms with Crippen LogP contribution in [0.25, 0.3) is 0 Å². The van der Waals surface area contributed by atoms with E-state index >= 15 is 0 Å². The van der Waals surface area contributed by atoms with Crippen molar-refractivity contribution in [1.29, 1.82) is 0 Å². The Labute approximate surface area is 136 Å². The van der Waals surface area contributed by atoms with Crippen molar-refractivity contribution < 1.29 is 4.74 Å². The summed E-state index contributed by atoms with van der Waals surface area (Å²) in [5.74, 6) is 1.56. The van der Waals surface area contributed by atoms with Crippen molar-refractivity contribution in [2.75, 3.05) is 0 Å². The molecule has 18 heavy (non-hydrogen) atoms. The molecule has 0 aliphatic rings. The quantitative estimate of drug-likeness (QED) is 0.477. The van der Waals surface area contributed by atoms with E-state index in [0.29, 0.717) is 5.02 Å². The van der Waals surface area contributed by atoms with Gasteiger partial charge in [0, 0.05) is 20.4 Å². The Morgan fingerprint density at radius 3 is 2.39 bits per heavy atom. The summed E-state index contributed by atoms with van der Waals surface area (Å²) in [4.78, 5) is 0. The fraction of sp³-hybridized carbons (Fsp3) is 0.0769. The van der Waals surface area contributed by atoms with E-state index in [9.17, 15) is 0 Å². The first kappa shape index (κ1) is 14.4. The Balaban J connectivity index is 2.33. The maximum atomic E-state index is 5.90. The van der Waals surface area contributed by atoms with Crippen molar-refractivity contribution in [2.24, 2.45) is 0 Å². The zero-order valence-electron chi connectivity index (χ0n) is 9.09. The van der Waals surface area contributed by atoms with Gasteiger partial charge in [-0.1, -0.05) is 43.5 Å². The molecule has 2 aromatic carbocycles. The smallest absolute Gasteiger partial charge is 0.141 e. The highest BCUT2D eigenvalue weighted by molar-refractivity contribution is 9.11. The molecule has 0 aliphatic heterocycles. The van der Waals surface area contributed by atoms with Gasteiger partial charge in [0.05, 0.1) is 4.47 Å². The predicted octanol–water partition coefficient (Wildman–Crippen LogP) is 6.55. The van der Waals surface area contributed by atoms with E-state index in [4.69, 9.17) is 16.3 Å². The molecule has 0 N–H and O–H groups in total. The summed E-state index contributed by atoms with van der Waals surface area (Å²) in [6.45, 7) is 0. The Kier molecular flexibility index (Phi) is 5.13. The van der Waals surface area contributed by atoms with Crippen LogP contribution in [-0.2, 0) is 5.33 Å².